The number of hydrogen-bond donors (Lipinski definition) is 1. The van der Waals surface area contributed by atoms with E-state index in [-0.39, 0.29) is 6.04 Å². The van der Waals surface area contributed by atoms with Gasteiger partial charge in [-0.25, -0.2) is 0 Å². The van der Waals surface area contributed by atoms with Crippen LogP contribution in [0.3, 0.4) is 0 Å². The van der Waals surface area contributed by atoms with Crippen molar-refractivity contribution in [3.8, 4) is 5.75 Å². The number of nitrogens with two attached hydrogens (primary N) is 1. The lowest BCUT2D eigenvalue weighted by Crippen LogP contribution is -2.08. The molecule has 18 heavy (non-hydrogen) atoms. The van der Waals surface area contributed by atoms with Crippen molar-refractivity contribution in [3.63, 3.8) is 0 Å². The third-order valence-corrected chi connectivity index (χ3v) is 3.10. The van der Waals surface area contributed by atoms with Crippen LogP contribution in [-0.4, -0.2) is 4.98 Å². The zero-order valence-electron chi connectivity index (χ0n) is 10.1. The van der Waals surface area contributed by atoms with Crippen molar-refractivity contribution in [1.29, 1.82) is 0 Å². The van der Waals surface area contributed by atoms with Crippen LogP contribution in [-0.2, 0) is 6.61 Å². The highest BCUT2D eigenvalue weighted by molar-refractivity contribution is 9.10. The molecule has 1 aromatic heterocycles. The van der Waals surface area contributed by atoms with Gasteiger partial charge in [-0.1, -0.05) is 22.0 Å². The standard InChI is InChI=1S/C14H15BrN2O/c1-10(16)13-3-2-12(15)8-14(13)18-9-11-4-6-17-7-5-11/h2-8,10H,9,16H2,1H3/t10-/m1/s1. The van der Waals surface area contributed by atoms with Crippen molar-refractivity contribution in [2.24, 2.45) is 5.73 Å². The predicted octanol–water partition coefficient (Wildman–Crippen LogP) is 3.44. The molecular formula is C14H15BrN2O. The van der Waals surface area contributed by atoms with E-state index in [1.165, 1.54) is 0 Å². The molecule has 94 valence electrons. The molecule has 4 heteroatoms. The average Bonchev–Trinajstić information content (AvgIpc) is 2.37. The van der Waals surface area contributed by atoms with Crippen LogP contribution in [0.5, 0.6) is 5.75 Å². The van der Waals surface area contributed by atoms with Gasteiger partial charge in [-0.3, -0.25) is 4.98 Å². The third-order valence-electron chi connectivity index (χ3n) is 2.61. The van der Waals surface area contributed by atoms with E-state index in [0.29, 0.717) is 6.61 Å². The number of benzene rings is 1. The van der Waals surface area contributed by atoms with E-state index in [1.807, 2.05) is 37.3 Å². The molecule has 0 aliphatic heterocycles. The molecule has 1 aromatic carbocycles. The van der Waals surface area contributed by atoms with Gasteiger partial charge in [0.25, 0.3) is 0 Å². The first-order valence-corrected chi connectivity index (χ1v) is 6.53. The summed E-state index contributed by atoms with van der Waals surface area (Å²) in [6, 6.07) is 9.72. The summed E-state index contributed by atoms with van der Waals surface area (Å²) in [4.78, 5) is 3.98. The van der Waals surface area contributed by atoms with Gasteiger partial charge in [0, 0.05) is 28.5 Å². The minimum absolute atomic E-state index is 0.0504. The molecule has 2 rings (SSSR count). The molecule has 1 atom stereocenters. The number of ether oxygens (including phenoxy) is 1. The van der Waals surface area contributed by atoms with Gasteiger partial charge in [0.05, 0.1) is 0 Å². The fraction of sp³-hybridized carbons (Fsp3) is 0.214. The van der Waals surface area contributed by atoms with Crippen molar-refractivity contribution < 1.29 is 4.74 Å². The van der Waals surface area contributed by atoms with Crippen LogP contribution in [0.15, 0.2) is 47.2 Å². The highest BCUT2D eigenvalue weighted by Crippen LogP contribution is 2.28. The van der Waals surface area contributed by atoms with Gasteiger partial charge in [-0.15, -0.1) is 0 Å². The topological polar surface area (TPSA) is 48.1 Å². The Labute approximate surface area is 115 Å². The van der Waals surface area contributed by atoms with Gasteiger partial charge in [0.15, 0.2) is 0 Å². The number of halogens is 1. The van der Waals surface area contributed by atoms with E-state index < -0.39 is 0 Å². The minimum atomic E-state index is -0.0504. The first kappa shape index (κ1) is 13.1. The first-order valence-electron chi connectivity index (χ1n) is 5.73. The van der Waals surface area contributed by atoms with Crippen LogP contribution in [0.4, 0.5) is 0 Å². The second kappa shape index (κ2) is 5.98. The molecule has 0 unspecified atom stereocenters. The Morgan fingerprint density at radius 1 is 1.28 bits per heavy atom. The Kier molecular flexibility index (Phi) is 4.33. The molecular weight excluding hydrogens is 292 g/mol. The summed E-state index contributed by atoms with van der Waals surface area (Å²) in [5.41, 5.74) is 8.02. The fourth-order valence-electron chi connectivity index (χ4n) is 1.65. The van der Waals surface area contributed by atoms with Gasteiger partial charge in [0.1, 0.15) is 12.4 Å². The Bertz CT molecular complexity index is 514. The van der Waals surface area contributed by atoms with Crippen molar-refractivity contribution >= 4 is 15.9 Å². The number of aromatic nitrogens is 1. The van der Waals surface area contributed by atoms with Crippen molar-refractivity contribution in [2.75, 3.05) is 0 Å². The zero-order chi connectivity index (χ0) is 13.0. The number of pyridine rings is 1. The van der Waals surface area contributed by atoms with Gasteiger partial charge in [-0.2, -0.15) is 0 Å². The molecule has 0 aliphatic rings. The summed E-state index contributed by atoms with van der Waals surface area (Å²) in [6.45, 7) is 2.46. The monoisotopic (exact) mass is 306 g/mol. The summed E-state index contributed by atoms with van der Waals surface area (Å²) in [6.07, 6.45) is 3.51. The van der Waals surface area contributed by atoms with Crippen LogP contribution >= 0.6 is 15.9 Å². The Morgan fingerprint density at radius 2 is 2.00 bits per heavy atom. The van der Waals surface area contributed by atoms with E-state index in [4.69, 9.17) is 10.5 Å². The Balaban J connectivity index is 2.15. The summed E-state index contributed by atoms with van der Waals surface area (Å²) in [5, 5.41) is 0. The van der Waals surface area contributed by atoms with Crippen LogP contribution in [0.1, 0.15) is 24.1 Å². The molecule has 0 saturated heterocycles. The maximum atomic E-state index is 5.93. The molecule has 0 radical (unpaired) electrons. The van der Waals surface area contributed by atoms with Gasteiger partial charge in [-0.05, 0) is 36.8 Å². The van der Waals surface area contributed by atoms with Crippen LogP contribution in [0.25, 0.3) is 0 Å². The highest BCUT2D eigenvalue weighted by Gasteiger charge is 2.08. The summed E-state index contributed by atoms with van der Waals surface area (Å²) < 4.78 is 6.81. The van der Waals surface area contributed by atoms with Crippen molar-refractivity contribution in [1.82, 2.24) is 4.98 Å². The smallest absolute Gasteiger partial charge is 0.125 e. The zero-order valence-corrected chi connectivity index (χ0v) is 11.7. The molecule has 3 nitrogen and oxygen atoms in total. The first-order chi connectivity index (χ1) is 8.66. The SMILES string of the molecule is C[C@@H](N)c1ccc(Br)cc1OCc1ccncc1. The van der Waals surface area contributed by atoms with Crippen LogP contribution in [0, 0.1) is 0 Å². The second-order valence-electron chi connectivity index (χ2n) is 4.11. The van der Waals surface area contributed by atoms with E-state index in [9.17, 15) is 0 Å². The third kappa shape index (κ3) is 3.31. The normalized spacial score (nSPS) is 12.2. The average molecular weight is 307 g/mol. The number of hydrogen-bond acceptors (Lipinski definition) is 3. The largest absolute Gasteiger partial charge is 0.489 e. The lowest BCUT2D eigenvalue weighted by Gasteiger charge is -2.14. The maximum absolute atomic E-state index is 5.93. The molecule has 2 N–H and O–H groups in total. The molecule has 0 amide bonds. The van der Waals surface area contributed by atoms with E-state index in [0.717, 1.165) is 21.3 Å². The summed E-state index contributed by atoms with van der Waals surface area (Å²) in [7, 11) is 0. The molecule has 0 saturated carbocycles. The Hall–Kier alpha value is -1.39. The highest BCUT2D eigenvalue weighted by atomic mass is 79.9. The quantitative estimate of drug-likeness (QED) is 0.941. The van der Waals surface area contributed by atoms with E-state index in [1.54, 1.807) is 12.4 Å². The molecule has 1 heterocycles. The predicted molar refractivity (Wildman–Crippen MR) is 75.3 cm³/mol. The molecule has 0 aliphatic carbocycles. The fourth-order valence-corrected chi connectivity index (χ4v) is 1.99. The van der Waals surface area contributed by atoms with Gasteiger partial charge in [0.2, 0.25) is 0 Å². The van der Waals surface area contributed by atoms with Gasteiger partial charge < -0.3 is 10.5 Å². The molecule has 0 bridgehead atoms. The second-order valence-corrected chi connectivity index (χ2v) is 5.03. The van der Waals surface area contributed by atoms with E-state index >= 15 is 0 Å². The summed E-state index contributed by atoms with van der Waals surface area (Å²) >= 11 is 3.44. The maximum Gasteiger partial charge on any atom is 0.125 e. The lowest BCUT2D eigenvalue weighted by molar-refractivity contribution is 0.301. The molecule has 0 fully saturated rings. The number of rotatable bonds is 4. The van der Waals surface area contributed by atoms with Gasteiger partial charge >= 0.3 is 0 Å². The van der Waals surface area contributed by atoms with E-state index in [2.05, 4.69) is 20.9 Å². The Morgan fingerprint density at radius 3 is 2.67 bits per heavy atom. The van der Waals surface area contributed by atoms with Crippen molar-refractivity contribution in [3.05, 3.63) is 58.3 Å². The number of nitrogens with zero attached hydrogens (tertiary/aromatic N) is 1. The van der Waals surface area contributed by atoms with Crippen LogP contribution in [0.2, 0.25) is 0 Å². The lowest BCUT2D eigenvalue weighted by atomic mass is 10.1. The minimum Gasteiger partial charge on any atom is -0.489 e. The summed E-state index contributed by atoms with van der Waals surface area (Å²) in [5.74, 6) is 0.816. The molecule has 2 aromatic rings. The molecule has 0 spiro atoms. The van der Waals surface area contributed by atoms with Crippen molar-refractivity contribution in [2.45, 2.75) is 19.6 Å². The van der Waals surface area contributed by atoms with Crippen LogP contribution < -0.4 is 10.5 Å².